The highest BCUT2D eigenvalue weighted by atomic mass is 35.5. The second kappa shape index (κ2) is 8.66. The number of nitrogens with zero attached hydrogens (tertiary/aromatic N) is 3. The second-order valence-electron chi connectivity index (χ2n) is 8.25. The van der Waals surface area contributed by atoms with Crippen LogP contribution in [0.1, 0.15) is 45.6 Å². The highest BCUT2D eigenvalue weighted by Crippen LogP contribution is 2.49. The largest absolute Gasteiger partial charge is 0.481 e. The van der Waals surface area contributed by atoms with Gasteiger partial charge in [0, 0.05) is 24.6 Å². The molecular weight excluding hydrogens is 396 g/mol. The van der Waals surface area contributed by atoms with E-state index in [1.165, 1.54) is 11.5 Å². The van der Waals surface area contributed by atoms with E-state index in [4.69, 9.17) is 11.6 Å². The minimum atomic E-state index is -0.722. The normalized spacial score (nSPS) is 18.5. The molecule has 2 N–H and O–H groups in total. The third-order valence-corrected chi connectivity index (χ3v) is 5.61. The molecular formula is C20H27ClN4O2S. The number of benzene rings is 1. The number of aromatic nitrogens is 2. The number of carbonyl (C=O) groups is 1. The molecule has 2 aromatic rings. The first-order valence-electron chi connectivity index (χ1n) is 9.62. The fourth-order valence-electron chi connectivity index (χ4n) is 3.52. The van der Waals surface area contributed by atoms with Crippen LogP contribution in [0, 0.1) is 17.8 Å². The second-order valence-corrected chi connectivity index (χ2v) is 9.34. The number of anilines is 3. The molecule has 0 saturated heterocycles. The van der Waals surface area contributed by atoms with Gasteiger partial charge >= 0.3 is 5.97 Å². The van der Waals surface area contributed by atoms with E-state index in [1.54, 1.807) is 0 Å². The van der Waals surface area contributed by atoms with Gasteiger partial charge in [0.05, 0.1) is 17.3 Å². The fourth-order valence-corrected chi connectivity index (χ4v) is 4.24. The summed E-state index contributed by atoms with van der Waals surface area (Å²) in [6, 6.07) is 6.23. The summed E-state index contributed by atoms with van der Waals surface area (Å²) in [6.45, 7) is 10.7. The zero-order chi connectivity index (χ0) is 20.4. The molecule has 1 aromatic carbocycles. The Bertz CT molecular complexity index is 829. The van der Waals surface area contributed by atoms with E-state index in [0.29, 0.717) is 23.4 Å². The van der Waals surface area contributed by atoms with E-state index in [0.717, 1.165) is 30.0 Å². The number of nitrogens with one attached hydrogen (secondary N) is 1. The number of carboxylic acids is 1. The molecule has 0 spiro atoms. The minimum absolute atomic E-state index is 0.0776. The Morgan fingerprint density at radius 1 is 1.32 bits per heavy atom. The zero-order valence-corrected chi connectivity index (χ0v) is 18.2. The van der Waals surface area contributed by atoms with Crippen LogP contribution in [-0.2, 0) is 4.79 Å². The van der Waals surface area contributed by atoms with Crippen molar-refractivity contribution < 1.29 is 9.90 Å². The van der Waals surface area contributed by atoms with Gasteiger partial charge in [-0.1, -0.05) is 33.8 Å². The maximum absolute atomic E-state index is 11.3. The summed E-state index contributed by atoms with van der Waals surface area (Å²) in [4.78, 5) is 17.9. The van der Waals surface area contributed by atoms with Crippen LogP contribution in [0.15, 0.2) is 18.2 Å². The highest BCUT2D eigenvalue weighted by molar-refractivity contribution is 7.10. The van der Waals surface area contributed by atoms with Gasteiger partial charge in [0.15, 0.2) is 0 Å². The lowest BCUT2D eigenvalue weighted by molar-refractivity contribution is -0.138. The summed E-state index contributed by atoms with van der Waals surface area (Å²) in [5, 5.41) is 13.5. The van der Waals surface area contributed by atoms with Crippen molar-refractivity contribution in [2.24, 2.45) is 17.8 Å². The van der Waals surface area contributed by atoms with Crippen molar-refractivity contribution in [1.82, 2.24) is 9.36 Å². The summed E-state index contributed by atoms with van der Waals surface area (Å²) in [5.74, 6) is 0.107. The van der Waals surface area contributed by atoms with Gasteiger partial charge in [-0.25, -0.2) is 0 Å². The number of hydrogen-bond donors (Lipinski definition) is 2. The average molecular weight is 423 g/mol. The average Bonchev–Trinajstić information content (AvgIpc) is 3.30. The van der Waals surface area contributed by atoms with E-state index < -0.39 is 5.97 Å². The van der Waals surface area contributed by atoms with Gasteiger partial charge in [0.25, 0.3) is 0 Å². The third kappa shape index (κ3) is 5.14. The van der Waals surface area contributed by atoms with E-state index in [9.17, 15) is 9.90 Å². The zero-order valence-electron chi connectivity index (χ0n) is 16.6. The molecule has 0 amide bonds. The molecule has 0 radical (unpaired) electrons. The van der Waals surface area contributed by atoms with Crippen LogP contribution in [0.25, 0.3) is 0 Å². The van der Waals surface area contributed by atoms with Crippen LogP contribution >= 0.6 is 23.1 Å². The lowest BCUT2D eigenvalue weighted by Crippen LogP contribution is -2.31. The Morgan fingerprint density at radius 2 is 2.00 bits per heavy atom. The van der Waals surface area contributed by atoms with Crippen LogP contribution in [0.4, 0.5) is 16.5 Å². The molecule has 6 nitrogen and oxygen atoms in total. The Kier molecular flexibility index (Phi) is 6.45. The van der Waals surface area contributed by atoms with Crippen LogP contribution in [-0.4, -0.2) is 33.5 Å². The molecule has 1 aliphatic rings. The first-order valence-corrected chi connectivity index (χ1v) is 10.8. The summed E-state index contributed by atoms with van der Waals surface area (Å²) in [7, 11) is 0. The van der Waals surface area contributed by atoms with Gasteiger partial charge < -0.3 is 15.3 Å². The topological polar surface area (TPSA) is 78.4 Å². The molecule has 1 saturated carbocycles. The van der Waals surface area contributed by atoms with Crippen molar-refractivity contribution in [3.8, 4) is 0 Å². The molecule has 0 unspecified atom stereocenters. The number of carboxylic acid groups (broad SMARTS) is 1. The van der Waals surface area contributed by atoms with E-state index in [2.05, 4.69) is 65.5 Å². The maximum atomic E-state index is 11.3. The predicted molar refractivity (Wildman–Crippen MR) is 115 cm³/mol. The van der Waals surface area contributed by atoms with E-state index in [1.807, 2.05) is 0 Å². The standard InChI is InChI=1S/C20H27ClN4O2S/c1-11(2)9-25(10-12(3)4)17-6-5-13(14-8-15(14)18(26)27)7-16(17)22-20-23-19(21)24-28-20/h5-7,11-12,14-15H,8-10H2,1-4H3,(H,26,27)(H,22,23,24)/t14-,15-/m0/s1. The van der Waals surface area contributed by atoms with Crippen molar-refractivity contribution >= 4 is 45.6 Å². The summed E-state index contributed by atoms with van der Waals surface area (Å²) in [5.41, 5.74) is 3.05. The van der Waals surface area contributed by atoms with Crippen LogP contribution in [0.5, 0.6) is 0 Å². The van der Waals surface area contributed by atoms with Gasteiger partial charge in [-0.3, -0.25) is 4.79 Å². The quantitative estimate of drug-likeness (QED) is 0.575. The Hall–Kier alpha value is -1.86. The fraction of sp³-hybridized carbons (Fsp3) is 0.550. The molecule has 2 atom stereocenters. The SMILES string of the molecule is CC(C)CN(CC(C)C)c1ccc([C@@H]2C[C@@H]2C(=O)O)cc1Nc1nc(Cl)ns1. The lowest BCUT2D eigenvalue weighted by Gasteiger charge is -2.30. The minimum Gasteiger partial charge on any atom is -0.481 e. The summed E-state index contributed by atoms with van der Waals surface area (Å²) in [6.07, 6.45) is 0.695. The first kappa shape index (κ1) is 20.9. The van der Waals surface area contributed by atoms with Crippen molar-refractivity contribution in [2.75, 3.05) is 23.3 Å². The molecule has 1 fully saturated rings. The summed E-state index contributed by atoms with van der Waals surface area (Å²) < 4.78 is 4.03. The van der Waals surface area contributed by atoms with Gasteiger partial charge in [0.1, 0.15) is 0 Å². The lowest BCUT2D eigenvalue weighted by atomic mass is 10.0. The monoisotopic (exact) mass is 422 g/mol. The molecule has 1 aliphatic carbocycles. The van der Waals surface area contributed by atoms with Crippen LogP contribution in [0.2, 0.25) is 5.28 Å². The Labute approximate surface area is 175 Å². The molecule has 152 valence electrons. The molecule has 0 bridgehead atoms. The van der Waals surface area contributed by atoms with Crippen LogP contribution in [0.3, 0.4) is 0 Å². The number of halogens is 1. The molecule has 28 heavy (non-hydrogen) atoms. The molecule has 1 heterocycles. The Balaban J connectivity index is 1.95. The molecule has 0 aliphatic heterocycles. The molecule has 8 heteroatoms. The third-order valence-electron chi connectivity index (χ3n) is 4.71. The van der Waals surface area contributed by atoms with Gasteiger partial charge in [0.2, 0.25) is 10.4 Å². The van der Waals surface area contributed by atoms with Gasteiger partial charge in [-0.2, -0.15) is 9.36 Å². The van der Waals surface area contributed by atoms with Crippen molar-refractivity contribution in [2.45, 2.75) is 40.0 Å². The maximum Gasteiger partial charge on any atom is 0.307 e. The van der Waals surface area contributed by atoms with E-state index >= 15 is 0 Å². The predicted octanol–water partition coefficient (Wildman–Crippen LogP) is 5.24. The smallest absolute Gasteiger partial charge is 0.307 e. The van der Waals surface area contributed by atoms with Gasteiger partial charge in [-0.05, 0) is 53.5 Å². The highest BCUT2D eigenvalue weighted by Gasteiger charge is 2.44. The number of aliphatic carboxylic acids is 1. The molecule has 1 aromatic heterocycles. The number of hydrogen-bond acceptors (Lipinski definition) is 6. The van der Waals surface area contributed by atoms with Crippen molar-refractivity contribution in [3.63, 3.8) is 0 Å². The van der Waals surface area contributed by atoms with Gasteiger partial charge in [-0.15, -0.1) is 0 Å². The first-order chi connectivity index (χ1) is 13.2. The number of rotatable bonds is 9. The van der Waals surface area contributed by atoms with E-state index in [-0.39, 0.29) is 17.1 Å². The molecule has 3 rings (SSSR count). The summed E-state index contributed by atoms with van der Waals surface area (Å²) >= 11 is 7.10. The Morgan fingerprint density at radius 3 is 2.50 bits per heavy atom. The van der Waals surface area contributed by atoms with Crippen molar-refractivity contribution in [1.29, 1.82) is 0 Å². The van der Waals surface area contributed by atoms with Crippen LogP contribution < -0.4 is 10.2 Å². The van der Waals surface area contributed by atoms with Crippen molar-refractivity contribution in [3.05, 3.63) is 29.0 Å².